The summed E-state index contributed by atoms with van der Waals surface area (Å²) in [5.74, 6) is -5.23. The number of alkyl halides is 5. The lowest BCUT2D eigenvalue weighted by Gasteiger charge is -2.27. The summed E-state index contributed by atoms with van der Waals surface area (Å²) >= 11 is 3.07. The second-order valence-electron chi connectivity index (χ2n) is 3.83. The maximum atomic E-state index is 13.3. The predicted molar refractivity (Wildman–Crippen MR) is 72.4 cm³/mol. The molecule has 0 bridgehead atoms. The third-order valence-corrected chi connectivity index (χ3v) is 3.23. The summed E-state index contributed by atoms with van der Waals surface area (Å²) in [7, 11) is 2.37. The SMILES string of the molecule is COc1cc([C@H](N)C(F)(F)C(F)(F)F)c(OC)cc1Br.Cl. The molecule has 0 aliphatic heterocycles. The van der Waals surface area contributed by atoms with Gasteiger partial charge in [-0.1, -0.05) is 0 Å². The molecule has 2 N–H and O–H groups in total. The van der Waals surface area contributed by atoms with E-state index in [9.17, 15) is 22.0 Å². The number of ether oxygens (including phenoxy) is 2. The molecular weight excluding hydrogens is 388 g/mol. The molecule has 1 atom stereocenters. The van der Waals surface area contributed by atoms with Crippen LogP contribution < -0.4 is 15.2 Å². The molecule has 21 heavy (non-hydrogen) atoms. The van der Waals surface area contributed by atoms with Gasteiger partial charge in [0.05, 0.1) is 18.7 Å². The normalized spacial score (nSPS) is 13.4. The van der Waals surface area contributed by atoms with Crippen molar-refractivity contribution in [3.63, 3.8) is 0 Å². The zero-order chi connectivity index (χ0) is 15.7. The number of hydrogen-bond donors (Lipinski definition) is 1. The van der Waals surface area contributed by atoms with Gasteiger partial charge in [0.25, 0.3) is 0 Å². The second-order valence-corrected chi connectivity index (χ2v) is 4.68. The van der Waals surface area contributed by atoms with Crippen LogP contribution in [-0.4, -0.2) is 26.3 Å². The molecule has 0 spiro atoms. The van der Waals surface area contributed by atoms with Crippen LogP contribution in [0.15, 0.2) is 16.6 Å². The van der Waals surface area contributed by atoms with E-state index in [-0.39, 0.29) is 23.9 Å². The summed E-state index contributed by atoms with van der Waals surface area (Å²) in [4.78, 5) is 0. The van der Waals surface area contributed by atoms with Crippen LogP contribution in [0.4, 0.5) is 22.0 Å². The highest BCUT2D eigenvalue weighted by atomic mass is 79.9. The zero-order valence-corrected chi connectivity index (χ0v) is 13.2. The first-order valence-corrected chi connectivity index (χ1v) is 5.97. The minimum atomic E-state index is -5.77. The zero-order valence-electron chi connectivity index (χ0n) is 10.8. The van der Waals surface area contributed by atoms with Gasteiger partial charge in [-0.05, 0) is 28.1 Å². The second kappa shape index (κ2) is 6.97. The number of rotatable bonds is 4. The van der Waals surface area contributed by atoms with Gasteiger partial charge in [0, 0.05) is 5.56 Å². The van der Waals surface area contributed by atoms with Crippen LogP contribution >= 0.6 is 28.3 Å². The van der Waals surface area contributed by atoms with Crippen molar-refractivity contribution < 1.29 is 31.4 Å². The largest absolute Gasteiger partial charge is 0.496 e. The van der Waals surface area contributed by atoms with Gasteiger partial charge in [0.15, 0.2) is 0 Å². The molecule has 0 fully saturated rings. The van der Waals surface area contributed by atoms with E-state index in [4.69, 9.17) is 15.2 Å². The summed E-state index contributed by atoms with van der Waals surface area (Å²) in [5, 5.41) is 0. The average Bonchev–Trinajstić information content (AvgIpc) is 2.36. The minimum Gasteiger partial charge on any atom is -0.496 e. The maximum Gasteiger partial charge on any atom is 0.455 e. The molecule has 0 saturated carbocycles. The molecule has 0 amide bonds. The standard InChI is InChI=1S/C11H11BrF5NO2.ClH/c1-19-7-4-6(12)8(20-2)3-5(7)9(18)10(13,14)11(15,16)17;/h3-4,9H,18H2,1-2H3;1H/t9-;/m0./s1. The van der Waals surface area contributed by atoms with Crippen molar-refractivity contribution in [2.45, 2.75) is 18.1 Å². The van der Waals surface area contributed by atoms with Gasteiger partial charge in [0.2, 0.25) is 0 Å². The molecule has 1 aromatic carbocycles. The molecule has 0 unspecified atom stereocenters. The molecule has 10 heteroatoms. The summed E-state index contributed by atoms with van der Waals surface area (Å²) in [6.07, 6.45) is -5.77. The van der Waals surface area contributed by atoms with E-state index in [1.165, 1.54) is 13.2 Å². The van der Waals surface area contributed by atoms with E-state index >= 15 is 0 Å². The van der Waals surface area contributed by atoms with Crippen LogP contribution in [0, 0.1) is 0 Å². The molecular formula is C11H12BrClF5NO2. The average molecular weight is 401 g/mol. The fourth-order valence-corrected chi connectivity index (χ4v) is 1.98. The molecule has 0 aliphatic rings. The Balaban J connectivity index is 0.00000400. The highest BCUT2D eigenvalue weighted by molar-refractivity contribution is 9.10. The van der Waals surface area contributed by atoms with Crippen LogP contribution in [0.2, 0.25) is 0 Å². The monoisotopic (exact) mass is 399 g/mol. The highest BCUT2D eigenvalue weighted by Crippen LogP contribution is 2.46. The summed E-state index contributed by atoms with van der Waals surface area (Å²) in [6.45, 7) is 0. The van der Waals surface area contributed by atoms with Crippen molar-refractivity contribution in [1.29, 1.82) is 0 Å². The van der Waals surface area contributed by atoms with Crippen LogP contribution in [0.5, 0.6) is 11.5 Å². The van der Waals surface area contributed by atoms with Gasteiger partial charge >= 0.3 is 12.1 Å². The van der Waals surface area contributed by atoms with Gasteiger partial charge in [0.1, 0.15) is 17.5 Å². The first-order chi connectivity index (χ1) is 9.06. The van der Waals surface area contributed by atoms with Crippen molar-refractivity contribution in [2.24, 2.45) is 5.73 Å². The van der Waals surface area contributed by atoms with Crippen LogP contribution in [-0.2, 0) is 0 Å². The highest BCUT2D eigenvalue weighted by Gasteiger charge is 2.62. The van der Waals surface area contributed by atoms with Gasteiger partial charge in [-0.25, -0.2) is 0 Å². The number of methoxy groups -OCH3 is 2. The lowest BCUT2D eigenvalue weighted by atomic mass is 9.99. The van der Waals surface area contributed by atoms with Crippen molar-refractivity contribution in [2.75, 3.05) is 14.2 Å². The molecule has 1 aromatic rings. The van der Waals surface area contributed by atoms with E-state index < -0.39 is 23.7 Å². The van der Waals surface area contributed by atoms with E-state index in [0.717, 1.165) is 13.2 Å². The number of nitrogens with two attached hydrogens (primary N) is 1. The predicted octanol–water partition coefficient (Wildman–Crippen LogP) is 4.09. The summed E-state index contributed by atoms with van der Waals surface area (Å²) in [5.41, 5.74) is 4.58. The number of benzene rings is 1. The molecule has 0 aromatic heterocycles. The topological polar surface area (TPSA) is 44.5 Å². The first kappa shape index (κ1) is 20.2. The fourth-order valence-electron chi connectivity index (χ4n) is 1.50. The Kier molecular flexibility index (Phi) is 6.71. The minimum absolute atomic E-state index is 0. The smallest absolute Gasteiger partial charge is 0.455 e. The van der Waals surface area contributed by atoms with Crippen molar-refractivity contribution in [1.82, 2.24) is 0 Å². The molecule has 122 valence electrons. The molecule has 0 radical (unpaired) electrons. The Labute approximate surface area is 132 Å². The van der Waals surface area contributed by atoms with E-state index in [1.807, 2.05) is 0 Å². The Bertz CT molecular complexity index is 498. The van der Waals surface area contributed by atoms with Crippen LogP contribution in [0.25, 0.3) is 0 Å². The molecule has 0 heterocycles. The van der Waals surface area contributed by atoms with Crippen molar-refractivity contribution >= 4 is 28.3 Å². The molecule has 1 rings (SSSR count). The van der Waals surface area contributed by atoms with Gasteiger partial charge in [-0.15, -0.1) is 12.4 Å². The summed E-state index contributed by atoms with van der Waals surface area (Å²) in [6, 6.07) is -0.423. The van der Waals surface area contributed by atoms with Gasteiger partial charge in [-0.2, -0.15) is 22.0 Å². The quantitative estimate of drug-likeness (QED) is 0.775. The van der Waals surface area contributed by atoms with Crippen molar-refractivity contribution in [3.05, 3.63) is 22.2 Å². The lowest BCUT2D eigenvalue weighted by Crippen LogP contribution is -2.46. The third kappa shape index (κ3) is 3.89. The first-order valence-electron chi connectivity index (χ1n) is 5.17. The van der Waals surface area contributed by atoms with E-state index in [2.05, 4.69) is 15.9 Å². The Morgan fingerprint density at radius 1 is 1.05 bits per heavy atom. The third-order valence-electron chi connectivity index (χ3n) is 2.61. The van der Waals surface area contributed by atoms with E-state index in [1.54, 1.807) is 0 Å². The number of halogens is 7. The lowest BCUT2D eigenvalue weighted by molar-refractivity contribution is -0.291. The van der Waals surface area contributed by atoms with Crippen molar-refractivity contribution in [3.8, 4) is 11.5 Å². The Morgan fingerprint density at radius 2 is 1.52 bits per heavy atom. The Hall–Kier alpha value is -0.800. The van der Waals surface area contributed by atoms with Crippen LogP contribution in [0.1, 0.15) is 11.6 Å². The van der Waals surface area contributed by atoms with E-state index in [0.29, 0.717) is 4.47 Å². The van der Waals surface area contributed by atoms with Crippen LogP contribution in [0.3, 0.4) is 0 Å². The molecule has 0 saturated heterocycles. The Morgan fingerprint density at radius 3 is 1.90 bits per heavy atom. The molecule has 3 nitrogen and oxygen atoms in total. The van der Waals surface area contributed by atoms with Gasteiger partial charge in [-0.3, -0.25) is 0 Å². The summed E-state index contributed by atoms with van der Waals surface area (Å²) < 4.78 is 73.6. The molecule has 0 aliphatic carbocycles. The van der Waals surface area contributed by atoms with Gasteiger partial charge < -0.3 is 15.2 Å². The number of hydrogen-bond acceptors (Lipinski definition) is 3. The fraction of sp³-hybridized carbons (Fsp3) is 0.455. The maximum absolute atomic E-state index is 13.3.